The molecule has 0 saturated carbocycles. The van der Waals surface area contributed by atoms with Crippen LogP contribution in [0.15, 0.2) is 28.4 Å². The number of hydrogen-bond acceptors (Lipinski definition) is 5. The van der Waals surface area contributed by atoms with E-state index in [2.05, 4.69) is 19.7 Å². The Labute approximate surface area is 128 Å². The molecule has 5 nitrogen and oxygen atoms in total. The van der Waals surface area contributed by atoms with Gasteiger partial charge in [0.1, 0.15) is 5.82 Å². The Balaban J connectivity index is 1.76. The molecule has 0 aromatic carbocycles. The lowest BCUT2D eigenvalue weighted by atomic mass is 10.2. The average Bonchev–Trinajstić information content (AvgIpc) is 2.75. The molecule has 112 valence electrons. The molecule has 3 heterocycles. The van der Waals surface area contributed by atoms with Crippen molar-refractivity contribution in [3.63, 3.8) is 0 Å². The Hall–Kier alpha value is -1.40. The monoisotopic (exact) mass is 304 g/mol. The first-order valence-electron chi connectivity index (χ1n) is 7.52. The van der Waals surface area contributed by atoms with E-state index in [1.807, 2.05) is 19.1 Å². The number of nitrogens with zero attached hydrogens (tertiary/aromatic N) is 4. The van der Waals surface area contributed by atoms with E-state index < -0.39 is 6.10 Å². The maximum Gasteiger partial charge on any atom is 0.196 e. The minimum atomic E-state index is -0.478. The lowest BCUT2D eigenvalue weighted by Crippen LogP contribution is -2.02. The van der Waals surface area contributed by atoms with Gasteiger partial charge >= 0.3 is 0 Å². The maximum absolute atomic E-state index is 9.77. The molecule has 2 aromatic heterocycles. The van der Waals surface area contributed by atoms with Crippen molar-refractivity contribution in [3.05, 3.63) is 29.8 Å². The number of rotatable bonds is 4. The van der Waals surface area contributed by atoms with E-state index >= 15 is 0 Å². The minimum Gasteiger partial charge on any atom is -0.387 e. The summed E-state index contributed by atoms with van der Waals surface area (Å²) in [5, 5.41) is 19.3. The number of aromatic nitrogens is 4. The van der Waals surface area contributed by atoms with Gasteiger partial charge in [-0.1, -0.05) is 13.3 Å². The van der Waals surface area contributed by atoms with E-state index in [9.17, 15) is 5.11 Å². The van der Waals surface area contributed by atoms with Gasteiger partial charge in [-0.05, 0) is 43.2 Å². The maximum atomic E-state index is 9.77. The Morgan fingerprint density at radius 2 is 2.19 bits per heavy atom. The Morgan fingerprint density at radius 3 is 2.95 bits per heavy atom. The highest BCUT2D eigenvalue weighted by atomic mass is 32.2. The van der Waals surface area contributed by atoms with Gasteiger partial charge in [-0.25, -0.2) is 0 Å². The third-order valence-electron chi connectivity index (χ3n) is 3.77. The molecule has 0 radical (unpaired) electrons. The van der Waals surface area contributed by atoms with Crippen molar-refractivity contribution in [1.82, 2.24) is 19.7 Å². The molecule has 1 N–H and O–H groups in total. The van der Waals surface area contributed by atoms with E-state index in [0.717, 1.165) is 34.5 Å². The molecule has 1 aliphatic heterocycles. The van der Waals surface area contributed by atoms with Crippen LogP contribution in [0.3, 0.4) is 0 Å². The molecule has 1 aliphatic rings. The first-order valence-corrected chi connectivity index (χ1v) is 8.33. The van der Waals surface area contributed by atoms with Crippen molar-refractivity contribution in [1.29, 1.82) is 0 Å². The zero-order valence-electron chi connectivity index (χ0n) is 12.2. The van der Waals surface area contributed by atoms with Crippen LogP contribution in [0.1, 0.15) is 50.2 Å². The van der Waals surface area contributed by atoms with Gasteiger partial charge < -0.3 is 9.67 Å². The Morgan fingerprint density at radius 1 is 1.29 bits per heavy atom. The second-order valence-electron chi connectivity index (χ2n) is 5.31. The first-order chi connectivity index (χ1) is 10.3. The van der Waals surface area contributed by atoms with Crippen LogP contribution >= 0.6 is 11.8 Å². The molecular weight excluding hydrogens is 284 g/mol. The van der Waals surface area contributed by atoms with Crippen molar-refractivity contribution in [2.75, 3.05) is 0 Å². The van der Waals surface area contributed by atoms with Crippen LogP contribution in [0.4, 0.5) is 0 Å². The van der Waals surface area contributed by atoms with Crippen LogP contribution in [0.25, 0.3) is 0 Å². The minimum absolute atomic E-state index is 0.478. The zero-order valence-corrected chi connectivity index (χ0v) is 13.0. The third kappa shape index (κ3) is 3.27. The average molecular weight is 304 g/mol. The topological polar surface area (TPSA) is 63.8 Å². The van der Waals surface area contributed by atoms with Crippen LogP contribution in [0, 0.1) is 0 Å². The summed E-state index contributed by atoms with van der Waals surface area (Å²) in [6, 6.07) is 3.88. The molecule has 0 bridgehead atoms. The molecule has 0 unspecified atom stereocenters. The first kappa shape index (κ1) is 14.5. The number of fused-ring (bicyclic) bond motifs is 1. The molecule has 0 saturated heterocycles. The van der Waals surface area contributed by atoms with Crippen LogP contribution in [-0.2, 0) is 13.0 Å². The van der Waals surface area contributed by atoms with Gasteiger partial charge in [-0.2, -0.15) is 0 Å². The molecule has 0 amide bonds. The van der Waals surface area contributed by atoms with Crippen molar-refractivity contribution < 1.29 is 5.11 Å². The normalized spacial score (nSPS) is 16.3. The molecule has 3 rings (SSSR count). The van der Waals surface area contributed by atoms with E-state index in [1.54, 1.807) is 18.0 Å². The van der Waals surface area contributed by atoms with Crippen LogP contribution < -0.4 is 0 Å². The summed E-state index contributed by atoms with van der Waals surface area (Å²) in [4.78, 5) is 5.36. The van der Waals surface area contributed by atoms with Gasteiger partial charge in [0.05, 0.1) is 11.8 Å². The third-order valence-corrected chi connectivity index (χ3v) is 4.73. The molecule has 0 aliphatic carbocycles. The molecule has 2 aromatic rings. The predicted octanol–water partition coefficient (Wildman–Crippen LogP) is 2.99. The second kappa shape index (κ2) is 6.58. The molecule has 6 heteroatoms. The van der Waals surface area contributed by atoms with Crippen LogP contribution in [0.2, 0.25) is 0 Å². The van der Waals surface area contributed by atoms with E-state index in [1.165, 1.54) is 19.3 Å². The van der Waals surface area contributed by atoms with Gasteiger partial charge in [-0.3, -0.25) is 4.98 Å². The Kier molecular flexibility index (Phi) is 4.55. The number of aliphatic hydroxyl groups is 1. The number of aryl methyl sites for hydroxylation is 1. The fourth-order valence-corrected chi connectivity index (χ4v) is 3.34. The fourth-order valence-electron chi connectivity index (χ4n) is 2.50. The fraction of sp³-hybridized carbons (Fsp3) is 0.533. The number of hydrogen-bond donors (Lipinski definition) is 1. The van der Waals surface area contributed by atoms with Crippen molar-refractivity contribution in [3.8, 4) is 0 Å². The van der Waals surface area contributed by atoms with E-state index in [0.29, 0.717) is 6.42 Å². The SMILES string of the molecule is CC[C@@H](O)c1ccc(Sc2nnc3n2CCCCC3)cn1. The number of pyridine rings is 1. The highest BCUT2D eigenvalue weighted by Gasteiger charge is 2.16. The number of aliphatic hydroxyl groups excluding tert-OH is 1. The summed E-state index contributed by atoms with van der Waals surface area (Å²) in [7, 11) is 0. The van der Waals surface area contributed by atoms with E-state index in [-0.39, 0.29) is 0 Å². The van der Waals surface area contributed by atoms with Crippen LogP contribution in [0.5, 0.6) is 0 Å². The predicted molar refractivity (Wildman–Crippen MR) is 81.2 cm³/mol. The van der Waals surface area contributed by atoms with Crippen molar-refractivity contribution in [2.45, 2.75) is 61.7 Å². The van der Waals surface area contributed by atoms with Gasteiger partial charge in [0, 0.05) is 24.1 Å². The summed E-state index contributed by atoms with van der Waals surface area (Å²) in [5.41, 5.74) is 0.724. The quantitative estimate of drug-likeness (QED) is 0.940. The summed E-state index contributed by atoms with van der Waals surface area (Å²) >= 11 is 1.59. The summed E-state index contributed by atoms with van der Waals surface area (Å²) in [5.74, 6) is 1.10. The molecule has 0 spiro atoms. The summed E-state index contributed by atoms with van der Waals surface area (Å²) in [6.45, 7) is 2.95. The van der Waals surface area contributed by atoms with Gasteiger partial charge in [0.2, 0.25) is 0 Å². The zero-order chi connectivity index (χ0) is 14.7. The molecule has 1 atom stereocenters. The summed E-state index contributed by atoms with van der Waals surface area (Å²) in [6.07, 6.45) is 6.68. The van der Waals surface area contributed by atoms with Gasteiger partial charge in [-0.15, -0.1) is 10.2 Å². The van der Waals surface area contributed by atoms with E-state index in [4.69, 9.17) is 0 Å². The highest BCUT2D eigenvalue weighted by Crippen LogP contribution is 2.28. The molecule has 21 heavy (non-hydrogen) atoms. The largest absolute Gasteiger partial charge is 0.387 e. The van der Waals surface area contributed by atoms with Crippen molar-refractivity contribution >= 4 is 11.8 Å². The second-order valence-corrected chi connectivity index (χ2v) is 6.35. The van der Waals surface area contributed by atoms with Gasteiger partial charge in [0.25, 0.3) is 0 Å². The van der Waals surface area contributed by atoms with Gasteiger partial charge in [0.15, 0.2) is 5.16 Å². The van der Waals surface area contributed by atoms with Crippen molar-refractivity contribution in [2.24, 2.45) is 0 Å². The summed E-state index contributed by atoms with van der Waals surface area (Å²) < 4.78 is 2.23. The smallest absolute Gasteiger partial charge is 0.196 e. The molecule has 0 fully saturated rings. The highest BCUT2D eigenvalue weighted by molar-refractivity contribution is 7.99. The lowest BCUT2D eigenvalue weighted by molar-refractivity contribution is 0.169. The molecular formula is C15H20N4OS. The van der Waals surface area contributed by atoms with Crippen LogP contribution in [-0.4, -0.2) is 24.9 Å². The standard InChI is InChI=1S/C15H20N4OS/c1-2-13(20)12-8-7-11(10-16-12)21-15-18-17-14-6-4-3-5-9-19(14)15/h7-8,10,13,20H,2-6,9H2,1H3/t13-/m1/s1. The lowest BCUT2D eigenvalue weighted by Gasteiger charge is -2.08. The Bertz CT molecular complexity index is 596.